The zero-order valence-corrected chi connectivity index (χ0v) is 12.8. The molecule has 2 N–H and O–H groups in total. The van der Waals surface area contributed by atoms with E-state index < -0.39 is 0 Å². The van der Waals surface area contributed by atoms with Gasteiger partial charge < -0.3 is 19.9 Å². The molecule has 116 valence electrons. The molecule has 3 rings (SSSR count). The van der Waals surface area contributed by atoms with Gasteiger partial charge in [-0.1, -0.05) is 26.0 Å². The molecule has 1 fully saturated rings. The summed E-state index contributed by atoms with van der Waals surface area (Å²) in [4.78, 5) is 2.43. The quantitative estimate of drug-likeness (QED) is 0.878. The van der Waals surface area contributed by atoms with E-state index >= 15 is 0 Å². The van der Waals surface area contributed by atoms with E-state index in [1.807, 2.05) is 12.1 Å². The van der Waals surface area contributed by atoms with Gasteiger partial charge in [0, 0.05) is 49.8 Å². The van der Waals surface area contributed by atoms with Crippen molar-refractivity contribution >= 4 is 0 Å². The molecule has 5 heteroatoms. The van der Waals surface area contributed by atoms with E-state index in [4.69, 9.17) is 9.47 Å². The Balaban J connectivity index is 2.01. The SMILES string of the molecule is CC(C)(CO)[C@H](c1cccc2c1OCO2)N1CCNCC1. The second-order valence-electron chi connectivity index (χ2n) is 6.42. The molecule has 0 saturated carbocycles. The minimum atomic E-state index is -0.252. The summed E-state index contributed by atoms with van der Waals surface area (Å²) >= 11 is 0. The second kappa shape index (κ2) is 5.83. The molecule has 0 amide bonds. The van der Waals surface area contributed by atoms with Gasteiger partial charge in [0.25, 0.3) is 0 Å². The first-order valence-electron chi connectivity index (χ1n) is 7.57. The molecule has 0 bridgehead atoms. The fourth-order valence-electron chi connectivity index (χ4n) is 3.31. The van der Waals surface area contributed by atoms with Crippen LogP contribution in [0.2, 0.25) is 0 Å². The molecule has 0 radical (unpaired) electrons. The molecule has 0 spiro atoms. The molecule has 2 heterocycles. The third-order valence-corrected chi connectivity index (χ3v) is 4.39. The lowest BCUT2D eigenvalue weighted by Crippen LogP contribution is -2.49. The third kappa shape index (κ3) is 2.73. The molecular weight excluding hydrogens is 268 g/mol. The van der Waals surface area contributed by atoms with Gasteiger partial charge in [-0.15, -0.1) is 0 Å². The number of rotatable bonds is 4. The van der Waals surface area contributed by atoms with Crippen LogP contribution >= 0.6 is 0 Å². The van der Waals surface area contributed by atoms with Gasteiger partial charge in [0.1, 0.15) is 0 Å². The van der Waals surface area contributed by atoms with E-state index in [1.54, 1.807) is 0 Å². The summed E-state index contributed by atoms with van der Waals surface area (Å²) in [5, 5.41) is 13.3. The number of aliphatic hydroxyl groups excluding tert-OH is 1. The Bertz CT molecular complexity index is 498. The Morgan fingerprint density at radius 2 is 2.05 bits per heavy atom. The van der Waals surface area contributed by atoms with Gasteiger partial charge in [-0.3, -0.25) is 4.90 Å². The first-order valence-corrected chi connectivity index (χ1v) is 7.57. The number of para-hydroxylation sites is 1. The number of fused-ring (bicyclic) bond motifs is 1. The van der Waals surface area contributed by atoms with Gasteiger partial charge in [-0.2, -0.15) is 0 Å². The number of piperazine rings is 1. The summed E-state index contributed by atoms with van der Waals surface area (Å²) in [5.41, 5.74) is 0.865. The minimum Gasteiger partial charge on any atom is -0.454 e. The van der Waals surface area contributed by atoms with Crippen molar-refractivity contribution in [2.45, 2.75) is 19.9 Å². The lowest BCUT2D eigenvalue weighted by Gasteiger charge is -2.43. The number of benzene rings is 1. The lowest BCUT2D eigenvalue weighted by molar-refractivity contribution is 0.0290. The van der Waals surface area contributed by atoms with E-state index in [0.29, 0.717) is 0 Å². The first-order chi connectivity index (χ1) is 10.1. The highest BCUT2D eigenvalue weighted by atomic mass is 16.7. The van der Waals surface area contributed by atoms with Crippen molar-refractivity contribution in [3.63, 3.8) is 0 Å². The van der Waals surface area contributed by atoms with Crippen LogP contribution in [0.3, 0.4) is 0 Å². The van der Waals surface area contributed by atoms with Crippen LogP contribution in [0.25, 0.3) is 0 Å². The minimum absolute atomic E-state index is 0.112. The monoisotopic (exact) mass is 292 g/mol. The summed E-state index contributed by atoms with van der Waals surface area (Å²) in [6.45, 7) is 8.52. The van der Waals surface area contributed by atoms with Crippen LogP contribution in [0.15, 0.2) is 18.2 Å². The smallest absolute Gasteiger partial charge is 0.231 e. The fraction of sp³-hybridized carbons (Fsp3) is 0.625. The second-order valence-corrected chi connectivity index (χ2v) is 6.42. The summed E-state index contributed by atoms with van der Waals surface area (Å²) < 4.78 is 11.2. The molecular formula is C16H24N2O3. The van der Waals surface area contributed by atoms with Crippen LogP contribution in [0.4, 0.5) is 0 Å². The Labute approximate surface area is 125 Å². The normalized spacial score (nSPS) is 20.5. The molecule has 0 aromatic heterocycles. The van der Waals surface area contributed by atoms with Gasteiger partial charge >= 0.3 is 0 Å². The first kappa shape index (κ1) is 14.6. The Hall–Kier alpha value is -1.30. The summed E-state index contributed by atoms with van der Waals surface area (Å²) in [6.07, 6.45) is 0. The zero-order valence-electron chi connectivity index (χ0n) is 12.8. The molecule has 2 aliphatic rings. The molecule has 1 saturated heterocycles. The summed E-state index contributed by atoms with van der Waals surface area (Å²) in [6, 6.07) is 6.15. The maximum Gasteiger partial charge on any atom is 0.231 e. The highest BCUT2D eigenvalue weighted by molar-refractivity contribution is 5.50. The number of nitrogens with zero attached hydrogens (tertiary/aromatic N) is 1. The summed E-state index contributed by atoms with van der Waals surface area (Å²) in [7, 11) is 0. The van der Waals surface area contributed by atoms with Crippen LogP contribution in [0.5, 0.6) is 11.5 Å². The third-order valence-electron chi connectivity index (χ3n) is 4.39. The van der Waals surface area contributed by atoms with Gasteiger partial charge in [0.2, 0.25) is 6.79 Å². The van der Waals surface area contributed by atoms with Crippen LogP contribution in [-0.4, -0.2) is 49.6 Å². The van der Waals surface area contributed by atoms with E-state index in [2.05, 4.69) is 30.1 Å². The maximum absolute atomic E-state index is 9.89. The average molecular weight is 292 g/mol. The number of aliphatic hydroxyl groups is 1. The number of hydrogen-bond donors (Lipinski definition) is 2. The zero-order chi connectivity index (χ0) is 14.9. The molecule has 1 atom stereocenters. The lowest BCUT2D eigenvalue weighted by atomic mass is 9.79. The van der Waals surface area contributed by atoms with Crippen molar-refractivity contribution in [2.75, 3.05) is 39.6 Å². The predicted octanol–water partition coefficient (Wildman–Crippen LogP) is 1.38. The van der Waals surface area contributed by atoms with Gasteiger partial charge in [-0.05, 0) is 6.07 Å². The molecule has 0 aliphatic carbocycles. The molecule has 5 nitrogen and oxygen atoms in total. The van der Waals surface area contributed by atoms with Crippen molar-refractivity contribution in [2.24, 2.45) is 5.41 Å². The Morgan fingerprint density at radius 3 is 2.76 bits per heavy atom. The van der Waals surface area contributed by atoms with Gasteiger partial charge in [0.05, 0.1) is 0 Å². The van der Waals surface area contributed by atoms with Crippen molar-refractivity contribution in [1.29, 1.82) is 0 Å². The predicted molar refractivity (Wildman–Crippen MR) is 80.6 cm³/mol. The van der Waals surface area contributed by atoms with E-state index in [1.165, 1.54) is 0 Å². The van der Waals surface area contributed by atoms with E-state index in [-0.39, 0.29) is 24.9 Å². The highest BCUT2D eigenvalue weighted by Crippen LogP contribution is 2.46. The fourth-order valence-corrected chi connectivity index (χ4v) is 3.31. The highest BCUT2D eigenvalue weighted by Gasteiger charge is 2.38. The van der Waals surface area contributed by atoms with Crippen molar-refractivity contribution in [1.82, 2.24) is 10.2 Å². The number of ether oxygens (including phenoxy) is 2. The standard InChI is InChI=1S/C16H24N2O3/c1-16(2,10-19)15(18-8-6-17-7-9-18)12-4-3-5-13-14(12)21-11-20-13/h3-5,15,17,19H,6-11H2,1-2H3/t15-/m0/s1. The Kier molecular flexibility index (Phi) is 4.06. The molecule has 2 aliphatic heterocycles. The van der Waals surface area contributed by atoms with Crippen molar-refractivity contribution in [3.05, 3.63) is 23.8 Å². The topological polar surface area (TPSA) is 54.0 Å². The number of hydrogen-bond acceptors (Lipinski definition) is 5. The summed E-state index contributed by atoms with van der Waals surface area (Å²) in [5.74, 6) is 1.64. The van der Waals surface area contributed by atoms with Crippen LogP contribution in [0, 0.1) is 5.41 Å². The van der Waals surface area contributed by atoms with Gasteiger partial charge in [-0.25, -0.2) is 0 Å². The Morgan fingerprint density at radius 1 is 1.29 bits per heavy atom. The molecule has 0 unspecified atom stereocenters. The molecule has 1 aromatic carbocycles. The maximum atomic E-state index is 9.89. The van der Waals surface area contributed by atoms with E-state index in [0.717, 1.165) is 43.2 Å². The van der Waals surface area contributed by atoms with Crippen LogP contribution < -0.4 is 14.8 Å². The largest absolute Gasteiger partial charge is 0.454 e. The van der Waals surface area contributed by atoms with Crippen LogP contribution in [-0.2, 0) is 0 Å². The van der Waals surface area contributed by atoms with E-state index in [9.17, 15) is 5.11 Å². The average Bonchev–Trinajstić information content (AvgIpc) is 2.98. The van der Waals surface area contributed by atoms with Crippen molar-refractivity contribution in [3.8, 4) is 11.5 Å². The molecule has 21 heavy (non-hydrogen) atoms. The number of nitrogens with one attached hydrogen (secondary N) is 1. The van der Waals surface area contributed by atoms with Gasteiger partial charge in [0.15, 0.2) is 11.5 Å². The van der Waals surface area contributed by atoms with Crippen LogP contribution in [0.1, 0.15) is 25.5 Å². The van der Waals surface area contributed by atoms with Crippen molar-refractivity contribution < 1.29 is 14.6 Å². The molecule has 1 aromatic rings.